The Morgan fingerprint density at radius 3 is 2.15 bits per heavy atom. The molecule has 4 atom stereocenters. The van der Waals surface area contributed by atoms with Crippen molar-refractivity contribution in [2.24, 2.45) is 0 Å². The summed E-state index contributed by atoms with van der Waals surface area (Å²) in [5.41, 5.74) is 1.89. The quantitative estimate of drug-likeness (QED) is 0.751. The highest BCUT2D eigenvalue weighted by atomic mass is 16.5. The van der Waals surface area contributed by atoms with E-state index in [9.17, 15) is 4.79 Å². The Balaban J connectivity index is 1.55. The van der Waals surface area contributed by atoms with Crippen LogP contribution < -0.4 is 4.74 Å². The average molecular weight is 365 g/mol. The summed E-state index contributed by atoms with van der Waals surface area (Å²) in [7, 11) is 3.84. The van der Waals surface area contributed by atoms with Crippen LogP contribution in [0.5, 0.6) is 5.75 Å². The molecule has 2 fully saturated rings. The van der Waals surface area contributed by atoms with E-state index >= 15 is 0 Å². The van der Waals surface area contributed by atoms with Crippen LogP contribution >= 0.6 is 0 Å². The summed E-state index contributed by atoms with van der Waals surface area (Å²) in [4.78, 5) is 15.7. The highest BCUT2D eigenvalue weighted by molar-refractivity contribution is 5.82. The molecule has 2 heterocycles. The zero-order valence-corrected chi connectivity index (χ0v) is 16.0. The Labute approximate surface area is 161 Å². The molecule has 4 rings (SSSR count). The van der Waals surface area contributed by atoms with Crippen LogP contribution in [-0.4, -0.2) is 43.2 Å². The van der Waals surface area contributed by atoms with Gasteiger partial charge in [-0.2, -0.15) is 0 Å². The van der Waals surface area contributed by atoms with Crippen molar-refractivity contribution in [1.29, 1.82) is 0 Å². The summed E-state index contributed by atoms with van der Waals surface area (Å²) < 4.78 is 11.3. The number of piperidine rings is 1. The molecule has 0 aromatic heterocycles. The molecule has 2 aromatic carbocycles. The number of carbonyl (C=O) groups excluding carboxylic acids is 1. The first-order valence-electron chi connectivity index (χ1n) is 9.77. The van der Waals surface area contributed by atoms with Gasteiger partial charge < -0.3 is 14.4 Å². The second-order valence-electron chi connectivity index (χ2n) is 7.70. The van der Waals surface area contributed by atoms with Gasteiger partial charge in [0.15, 0.2) is 0 Å². The van der Waals surface area contributed by atoms with E-state index in [0.717, 1.165) is 29.7 Å². The van der Waals surface area contributed by atoms with Crippen LogP contribution in [-0.2, 0) is 9.53 Å². The Morgan fingerprint density at radius 2 is 1.56 bits per heavy atom. The van der Waals surface area contributed by atoms with E-state index < -0.39 is 5.92 Å². The van der Waals surface area contributed by atoms with Gasteiger partial charge in [0.25, 0.3) is 0 Å². The molecule has 4 heteroatoms. The molecule has 2 aliphatic heterocycles. The third kappa shape index (κ3) is 3.72. The molecule has 0 N–H and O–H groups in total. The third-order valence-corrected chi connectivity index (χ3v) is 6.16. The molecule has 27 heavy (non-hydrogen) atoms. The van der Waals surface area contributed by atoms with Gasteiger partial charge in [0, 0.05) is 12.1 Å². The number of fused-ring (bicyclic) bond motifs is 2. The third-order valence-electron chi connectivity index (χ3n) is 6.16. The minimum Gasteiger partial charge on any atom is -0.497 e. The fourth-order valence-electron chi connectivity index (χ4n) is 4.60. The lowest BCUT2D eigenvalue weighted by Gasteiger charge is -2.36. The molecule has 0 spiro atoms. The second-order valence-corrected chi connectivity index (χ2v) is 7.70. The number of carbonyl (C=O) groups is 1. The Hall–Kier alpha value is -2.33. The number of rotatable bonds is 5. The van der Waals surface area contributed by atoms with Crippen LogP contribution in [0.15, 0.2) is 54.6 Å². The van der Waals surface area contributed by atoms with Gasteiger partial charge in [-0.1, -0.05) is 42.5 Å². The van der Waals surface area contributed by atoms with Gasteiger partial charge in [-0.3, -0.25) is 4.79 Å². The molecule has 2 saturated heterocycles. The van der Waals surface area contributed by atoms with Crippen molar-refractivity contribution < 1.29 is 14.3 Å². The molecule has 0 radical (unpaired) electrons. The number of hydrogen-bond acceptors (Lipinski definition) is 4. The lowest BCUT2D eigenvalue weighted by atomic mass is 9.91. The van der Waals surface area contributed by atoms with E-state index in [1.54, 1.807) is 7.11 Å². The maximum Gasteiger partial charge on any atom is 0.318 e. The fraction of sp³-hybridized carbons (Fsp3) is 0.435. The molecule has 2 unspecified atom stereocenters. The number of benzene rings is 2. The smallest absolute Gasteiger partial charge is 0.318 e. The molecule has 0 aliphatic carbocycles. The molecular weight excluding hydrogens is 338 g/mol. The van der Waals surface area contributed by atoms with Crippen molar-refractivity contribution in [3.05, 3.63) is 65.7 Å². The Kier molecular flexibility index (Phi) is 5.17. The molecule has 2 bridgehead atoms. The first kappa shape index (κ1) is 18.1. The minimum absolute atomic E-state index is 0.0238. The SMILES string of the molecule is COc1ccc(C(C(=O)OC2C[C@H]3CC[C@@H](C2)N3C)c2ccccc2)cc1. The van der Waals surface area contributed by atoms with Crippen LogP contribution in [0, 0.1) is 0 Å². The molecular formula is C23H27NO3. The lowest BCUT2D eigenvalue weighted by molar-refractivity contribution is -0.153. The summed E-state index contributed by atoms with van der Waals surface area (Å²) in [6, 6.07) is 18.7. The Morgan fingerprint density at radius 1 is 0.963 bits per heavy atom. The highest BCUT2D eigenvalue weighted by Crippen LogP contribution is 2.37. The van der Waals surface area contributed by atoms with Gasteiger partial charge in [0.05, 0.1) is 7.11 Å². The van der Waals surface area contributed by atoms with E-state index in [1.165, 1.54) is 12.8 Å². The minimum atomic E-state index is -0.408. The summed E-state index contributed by atoms with van der Waals surface area (Å²) in [6.07, 6.45) is 4.35. The van der Waals surface area contributed by atoms with Crippen LogP contribution in [0.25, 0.3) is 0 Å². The van der Waals surface area contributed by atoms with E-state index in [1.807, 2.05) is 54.6 Å². The first-order chi connectivity index (χ1) is 13.2. The van der Waals surface area contributed by atoms with Crippen LogP contribution in [0.4, 0.5) is 0 Å². The van der Waals surface area contributed by atoms with Crippen LogP contribution in [0.1, 0.15) is 42.7 Å². The molecule has 2 aromatic rings. The summed E-state index contributed by atoms with van der Waals surface area (Å²) in [5, 5.41) is 0. The van der Waals surface area contributed by atoms with E-state index in [2.05, 4.69) is 11.9 Å². The second kappa shape index (κ2) is 7.73. The van der Waals surface area contributed by atoms with Crippen molar-refractivity contribution in [2.75, 3.05) is 14.2 Å². The molecule has 0 amide bonds. The largest absolute Gasteiger partial charge is 0.497 e. The van der Waals surface area contributed by atoms with Gasteiger partial charge in [0.2, 0.25) is 0 Å². The number of nitrogens with zero attached hydrogens (tertiary/aromatic N) is 1. The van der Waals surface area contributed by atoms with E-state index in [0.29, 0.717) is 12.1 Å². The van der Waals surface area contributed by atoms with Gasteiger partial charge in [-0.05, 0) is 56.0 Å². The lowest BCUT2D eigenvalue weighted by Crippen LogP contribution is -2.43. The molecule has 2 aliphatic rings. The Bertz CT molecular complexity index is 760. The van der Waals surface area contributed by atoms with E-state index in [-0.39, 0.29) is 12.1 Å². The van der Waals surface area contributed by atoms with Crippen molar-refractivity contribution in [2.45, 2.75) is 49.8 Å². The van der Waals surface area contributed by atoms with Gasteiger partial charge in [-0.15, -0.1) is 0 Å². The first-order valence-corrected chi connectivity index (χ1v) is 9.77. The normalized spacial score (nSPS) is 25.8. The van der Waals surface area contributed by atoms with Crippen molar-refractivity contribution in [3.63, 3.8) is 0 Å². The van der Waals surface area contributed by atoms with Gasteiger partial charge in [-0.25, -0.2) is 0 Å². The van der Waals surface area contributed by atoms with E-state index in [4.69, 9.17) is 9.47 Å². The van der Waals surface area contributed by atoms with Crippen LogP contribution in [0.3, 0.4) is 0 Å². The maximum absolute atomic E-state index is 13.2. The topological polar surface area (TPSA) is 38.8 Å². The average Bonchev–Trinajstić information content (AvgIpc) is 2.90. The van der Waals surface area contributed by atoms with Crippen LogP contribution in [0.2, 0.25) is 0 Å². The number of esters is 1. The number of hydrogen-bond donors (Lipinski definition) is 0. The van der Waals surface area contributed by atoms with Crippen molar-refractivity contribution in [3.8, 4) is 5.75 Å². The molecule has 142 valence electrons. The predicted molar refractivity (Wildman–Crippen MR) is 105 cm³/mol. The zero-order valence-electron chi connectivity index (χ0n) is 16.0. The number of methoxy groups -OCH3 is 1. The highest BCUT2D eigenvalue weighted by Gasteiger charge is 2.40. The standard InChI is InChI=1S/C23H27NO3/c1-24-18-10-11-19(24)15-21(14-18)27-23(25)22(16-6-4-3-5-7-16)17-8-12-20(26-2)13-9-17/h3-9,12-13,18-19,21-22H,10-11,14-15H2,1-2H3/t18-,19+,21?,22?. The molecule has 0 saturated carbocycles. The zero-order chi connectivity index (χ0) is 18.8. The monoisotopic (exact) mass is 365 g/mol. The number of ether oxygens (including phenoxy) is 2. The summed E-state index contributed by atoms with van der Waals surface area (Å²) in [6.45, 7) is 0. The molecule has 4 nitrogen and oxygen atoms in total. The van der Waals surface area contributed by atoms with Crippen molar-refractivity contribution >= 4 is 5.97 Å². The van der Waals surface area contributed by atoms with Crippen molar-refractivity contribution in [1.82, 2.24) is 4.90 Å². The summed E-state index contributed by atoms with van der Waals surface area (Å²) in [5.74, 6) is 0.223. The van der Waals surface area contributed by atoms with Gasteiger partial charge in [0.1, 0.15) is 17.8 Å². The fourth-order valence-corrected chi connectivity index (χ4v) is 4.60. The maximum atomic E-state index is 13.2. The van der Waals surface area contributed by atoms with Gasteiger partial charge >= 0.3 is 5.97 Å². The summed E-state index contributed by atoms with van der Waals surface area (Å²) >= 11 is 0. The predicted octanol–water partition coefficient (Wildman–Crippen LogP) is 4.00.